The highest BCUT2D eigenvalue weighted by Gasteiger charge is 2.06. The van der Waals surface area contributed by atoms with E-state index in [1.165, 1.54) is 53.9 Å². The monoisotopic (exact) mass is 276 g/mol. The van der Waals surface area contributed by atoms with E-state index >= 15 is 0 Å². The Morgan fingerprint density at radius 1 is 0.227 bits per heavy atom. The topological polar surface area (TPSA) is 0 Å². The van der Waals surface area contributed by atoms with Crippen LogP contribution >= 0.6 is 0 Å². The summed E-state index contributed by atoms with van der Waals surface area (Å²) in [5.74, 6) is 0. The molecule has 0 amide bonds. The van der Waals surface area contributed by atoms with Crippen molar-refractivity contribution in [2.45, 2.75) is 0 Å². The fourth-order valence-electron chi connectivity index (χ4n) is 3.86. The van der Waals surface area contributed by atoms with Gasteiger partial charge in [-0.2, -0.15) is 0 Å². The van der Waals surface area contributed by atoms with Crippen molar-refractivity contribution >= 4 is 53.9 Å². The molecule has 5 rings (SSSR count). The number of hydrogen-bond donors (Lipinski definition) is 0. The van der Waals surface area contributed by atoms with Crippen molar-refractivity contribution in [3.05, 3.63) is 72.8 Å². The lowest BCUT2D eigenvalue weighted by Crippen LogP contribution is -1.78. The van der Waals surface area contributed by atoms with E-state index in [-0.39, 0.29) is 0 Å². The molecule has 0 aromatic heterocycles. The van der Waals surface area contributed by atoms with Gasteiger partial charge in [-0.05, 0) is 102 Å². The second-order valence-electron chi connectivity index (χ2n) is 6.37. The maximum absolute atomic E-state index is 2.33. The largest absolute Gasteiger partial charge is 0.0537 e. The average molecular weight is 276 g/mol. The molecule has 0 aliphatic carbocycles. The third-order valence-electron chi connectivity index (χ3n) is 5.04. The van der Waals surface area contributed by atoms with E-state index in [2.05, 4.69) is 72.8 Å². The predicted octanol–water partition coefficient (Wildman–Crippen LogP) is 6.33. The van der Waals surface area contributed by atoms with Crippen LogP contribution in [0, 0.1) is 0 Å². The van der Waals surface area contributed by atoms with Gasteiger partial charge in [-0.1, -0.05) is 24.3 Å². The first-order chi connectivity index (χ1) is 10.8. The van der Waals surface area contributed by atoms with Crippen LogP contribution in [0.15, 0.2) is 72.8 Å². The number of fused-ring (bicyclic) bond motifs is 5. The zero-order valence-corrected chi connectivity index (χ0v) is 11.9. The molecule has 0 aliphatic rings. The first kappa shape index (κ1) is 10.8. The summed E-state index contributed by atoms with van der Waals surface area (Å²) in [6.45, 7) is 0. The summed E-state index contributed by atoms with van der Waals surface area (Å²) in [5, 5.41) is 13.1. The molecular weight excluding hydrogens is 264 g/mol. The highest BCUT2D eigenvalue weighted by Crippen LogP contribution is 2.33. The van der Waals surface area contributed by atoms with E-state index in [1.54, 1.807) is 0 Å². The van der Waals surface area contributed by atoms with Crippen LogP contribution in [-0.4, -0.2) is 0 Å². The Bertz CT molecular complexity index is 989. The number of benzene rings is 4. The molecule has 0 nitrogen and oxygen atoms in total. The van der Waals surface area contributed by atoms with Crippen LogP contribution in [0.5, 0.6) is 0 Å². The lowest BCUT2D eigenvalue weighted by atomic mass is 9.98. The Balaban J connectivity index is 2.16. The minimum Gasteiger partial charge on any atom is -0.0537 e. The predicted molar refractivity (Wildman–Crippen MR) is 96.3 cm³/mol. The van der Waals surface area contributed by atoms with Crippen LogP contribution in [0.1, 0.15) is 0 Å². The van der Waals surface area contributed by atoms with E-state index in [4.69, 9.17) is 0 Å². The first-order valence-corrected chi connectivity index (χ1v) is 7.69. The molecule has 0 aliphatic heterocycles. The van der Waals surface area contributed by atoms with Gasteiger partial charge in [0.05, 0.1) is 0 Å². The van der Waals surface area contributed by atoms with E-state index in [1.807, 2.05) is 0 Å². The molecule has 0 saturated heterocycles. The van der Waals surface area contributed by atoms with Crippen LogP contribution in [0.3, 0.4) is 0 Å². The zero-order valence-electron chi connectivity index (χ0n) is 11.9. The lowest BCUT2D eigenvalue weighted by molar-refractivity contribution is 1.85. The van der Waals surface area contributed by atoms with Gasteiger partial charge >= 0.3 is 0 Å². The molecule has 0 heteroatoms. The summed E-state index contributed by atoms with van der Waals surface area (Å²) in [4.78, 5) is 0. The summed E-state index contributed by atoms with van der Waals surface area (Å²) < 4.78 is 0. The van der Waals surface area contributed by atoms with Gasteiger partial charge in [0.25, 0.3) is 0 Å². The van der Waals surface area contributed by atoms with Gasteiger partial charge in [-0.25, -0.2) is 0 Å². The Morgan fingerprint density at radius 2 is 0.409 bits per heavy atom. The summed E-state index contributed by atoms with van der Waals surface area (Å²) in [5.41, 5.74) is 0. The van der Waals surface area contributed by atoms with Gasteiger partial charge in [0.15, 0.2) is 0 Å². The molecule has 0 radical (unpaired) electrons. The fourth-order valence-corrected chi connectivity index (χ4v) is 3.86. The normalized spacial score (nSPS) is 12.5. The maximum Gasteiger partial charge on any atom is -0.0171 e. The van der Waals surface area contributed by atoms with Crippen molar-refractivity contribution in [2.75, 3.05) is 0 Å². The number of rotatable bonds is 0. The molecule has 0 fully saturated rings. The van der Waals surface area contributed by atoms with E-state index < -0.39 is 0 Å². The summed E-state index contributed by atoms with van der Waals surface area (Å²) in [7, 11) is 0. The third-order valence-corrected chi connectivity index (χ3v) is 5.04. The molecule has 100 valence electrons. The zero-order chi connectivity index (χ0) is 14.3. The Hall–Kier alpha value is -2.86. The SMILES string of the molecule is c1cc2cc3cc4cc5cc1c1ccc2cc3cc4cc5c1. The first-order valence-electron chi connectivity index (χ1n) is 7.69. The van der Waals surface area contributed by atoms with Gasteiger partial charge in [0.1, 0.15) is 0 Å². The molecular formula is C22H12. The Morgan fingerprint density at radius 3 is 0.636 bits per heavy atom. The molecule has 0 saturated carbocycles. The second kappa shape index (κ2) is 3.48. The van der Waals surface area contributed by atoms with Crippen LogP contribution in [0.2, 0.25) is 0 Å². The number of hydrogen-bond acceptors (Lipinski definition) is 0. The van der Waals surface area contributed by atoms with Gasteiger partial charge in [-0.3, -0.25) is 0 Å². The quantitative estimate of drug-likeness (QED) is 0.290. The van der Waals surface area contributed by atoms with Crippen molar-refractivity contribution in [3.8, 4) is 0 Å². The minimum atomic E-state index is 1.30. The van der Waals surface area contributed by atoms with Gasteiger partial charge in [0.2, 0.25) is 0 Å². The molecule has 0 bridgehead atoms. The van der Waals surface area contributed by atoms with Crippen LogP contribution in [0.25, 0.3) is 53.9 Å². The second-order valence-corrected chi connectivity index (χ2v) is 6.37. The summed E-state index contributed by atoms with van der Waals surface area (Å²) >= 11 is 0. The summed E-state index contributed by atoms with van der Waals surface area (Å²) in [6, 6.07) is 27.6. The molecule has 5 aromatic rings. The molecule has 0 spiro atoms. The molecule has 22 heavy (non-hydrogen) atoms. The van der Waals surface area contributed by atoms with Crippen molar-refractivity contribution < 1.29 is 0 Å². The fraction of sp³-hybridized carbons (Fsp3) is 0. The van der Waals surface area contributed by atoms with Gasteiger partial charge < -0.3 is 0 Å². The van der Waals surface area contributed by atoms with Crippen LogP contribution in [0.4, 0.5) is 0 Å². The highest BCUT2D eigenvalue weighted by atomic mass is 14.1. The van der Waals surface area contributed by atoms with Crippen molar-refractivity contribution in [2.24, 2.45) is 0 Å². The summed E-state index contributed by atoms with van der Waals surface area (Å²) in [6.07, 6.45) is 0. The van der Waals surface area contributed by atoms with Crippen molar-refractivity contribution in [1.29, 1.82) is 0 Å². The van der Waals surface area contributed by atoms with E-state index in [0.29, 0.717) is 0 Å². The third kappa shape index (κ3) is 1.28. The average Bonchev–Trinajstić information content (AvgIpc) is 2.55. The van der Waals surface area contributed by atoms with E-state index in [0.717, 1.165) is 0 Å². The van der Waals surface area contributed by atoms with Crippen molar-refractivity contribution in [1.82, 2.24) is 0 Å². The minimum absolute atomic E-state index is 1.30. The van der Waals surface area contributed by atoms with Crippen LogP contribution < -0.4 is 0 Å². The van der Waals surface area contributed by atoms with E-state index in [9.17, 15) is 0 Å². The maximum atomic E-state index is 2.33. The Labute approximate surface area is 127 Å². The van der Waals surface area contributed by atoms with Crippen LogP contribution in [-0.2, 0) is 0 Å². The Kier molecular flexibility index (Phi) is 1.71. The van der Waals surface area contributed by atoms with Gasteiger partial charge in [0, 0.05) is 0 Å². The van der Waals surface area contributed by atoms with Crippen molar-refractivity contribution in [3.63, 3.8) is 0 Å². The standard InChI is InChI=1S/C22H12/c1-2-14-6-18-10-21-9-17-5-13(1)15-3-4-16(14)8-20(18)12-22(21)11-19(17)7-15/h1-12H. The molecule has 0 atom stereocenters. The lowest BCUT2D eigenvalue weighted by Gasteiger charge is -2.06. The molecule has 0 unspecified atom stereocenters. The highest BCUT2D eigenvalue weighted by molar-refractivity contribution is 6.11. The van der Waals surface area contributed by atoms with Gasteiger partial charge in [-0.15, -0.1) is 0 Å². The molecule has 0 heterocycles. The smallest absolute Gasteiger partial charge is 0.0171 e. The molecule has 0 N–H and O–H groups in total. The molecule has 5 aromatic carbocycles.